The minimum atomic E-state index is -0.175. The van der Waals surface area contributed by atoms with E-state index in [-0.39, 0.29) is 29.3 Å². The van der Waals surface area contributed by atoms with Gasteiger partial charge in [-0.2, -0.15) is 0 Å². The van der Waals surface area contributed by atoms with Gasteiger partial charge >= 0.3 is 0 Å². The predicted molar refractivity (Wildman–Crippen MR) is 88.6 cm³/mol. The summed E-state index contributed by atoms with van der Waals surface area (Å²) in [5.74, 6) is 0.452. The van der Waals surface area contributed by atoms with Crippen LogP contribution in [0.4, 0.5) is 0 Å². The van der Waals surface area contributed by atoms with E-state index in [4.69, 9.17) is 0 Å². The first-order valence-electron chi connectivity index (χ1n) is 8.17. The fraction of sp³-hybridized carbons (Fsp3) is 0.611. The van der Waals surface area contributed by atoms with Gasteiger partial charge in [0.25, 0.3) is 0 Å². The number of nitrogens with zero attached hydrogens (tertiary/aromatic N) is 1. The van der Waals surface area contributed by atoms with Crippen LogP contribution < -0.4 is 5.32 Å². The van der Waals surface area contributed by atoms with E-state index < -0.39 is 0 Å². The summed E-state index contributed by atoms with van der Waals surface area (Å²) in [6, 6.07) is 6.93. The Hall–Kier alpha value is -1.55. The van der Waals surface area contributed by atoms with Crippen LogP contribution in [0.25, 0.3) is 0 Å². The number of unbranched alkanes of at least 4 members (excludes halogenated alkanes) is 1. The Labute approximate surface area is 133 Å². The molecule has 2 rings (SSSR count). The van der Waals surface area contributed by atoms with Crippen LogP contribution >= 0.6 is 0 Å². The molecule has 122 valence electrons. The number of nitrogens with one attached hydrogen (secondary N) is 1. The summed E-state index contributed by atoms with van der Waals surface area (Å²) in [4.78, 5) is 14.8. The molecule has 1 fully saturated rings. The average molecular weight is 304 g/mol. The Bertz CT molecular complexity index is 505. The lowest BCUT2D eigenvalue weighted by Crippen LogP contribution is -2.47. The Balaban J connectivity index is 2.12. The van der Waals surface area contributed by atoms with Crippen LogP contribution in [0.3, 0.4) is 0 Å². The molecule has 1 saturated heterocycles. The second-order valence-electron chi connectivity index (χ2n) is 7.24. The van der Waals surface area contributed by atoms with E-state index in [2.05, 4.69) is 33.0 Å². The van der Waals surface area contributed by atoms with Crippen LogP contribution in [0.5, 0.6) is 5.75 Å². The molecule has 0 bridgehead atoms. The first kappa shape index (κ1) is 16.8. The number of amides is 1. The van der Waals surface area contributed by atoms with Gasteiger partial charge in [0.2, 0.25) is 5.91 Å². The fourth-order valence-corrected chi connectivity index (χ4v) is 2.98. The van der Waals surface area contributed by atoms with Crippen molar-refractivity contribution >= 4 is 5.91 Å². The molecule has 0 saturated carbocycles. The lowest BCUT2D eigenvalue weighted by molar-refractivity contribution is -0.131. The van der Waals surface area contributed by atoms with Gasteiger partial charge in [-0.3, -0.25) is 10.1 Å². The van der Waals surface area contributed by atoms with Crippen molar-refractivity contribution in [1.82, 2.24) is 10.2 Å². The van der Waals surface area contributed by atoms with Gasteiger partial charge in [0.05, 0.1) is 12.2 Å². The van der Waals surface area contributed by atoms with E-state index >= 15 is 0 Å². The maximum atomic E-state index is 12.8. The third kappa shape index (κ3) is 3.80. The topological polar surface area (TPSA) is 52.6 Å². The molecule has 1 aromatic carbocycles. The second kappa shape index (κ2) is 6.69. The maximum Gasteiger partial charge on any atom is 0.241 e. The van der Waals surface area contributed by atoms with Crippen LogP contribution in [-0.2, 0) is 11.2 Å². The van der Waals surface area contributed by atoms with Gasteiger partial charge in [-0.1, -0.05) is 46.2 Å². The third-order valence-electron chi connectivity index (χ3n) is 4.20. The molecule has 0 aromatic heterocycles. The SMILES string of the molecule is CCCCN1C(=O)[C@H](Cc2ccc(O)cc2)N[C@@H]1C(C)(C)C. The Kier molecular flexibility index (Phi) is 5.12. The molecule has 0 radical (unpaired) electrons. The van der Waals surface area contributed by atoms with Crippen LogP contribution in [0, 0.1) is 5.41 Å². The zero-order valence-corrected chi connectivity index (χ0v) is 14.1. The van der Waals surface area contributed by atoms with Gasteiger partial charge in [0.1, 0.15) is 5.75 Å². The van der Waals surface area contributed by atoms with Crippen molar-refractivity contribution < 1.29 is 9.90 Å². The molecule has 0 aliphatic carbocycles. The van der Waals surface area contributed by atoms with Crippen molar-refractivity contribution in [3.05, 3.63) is 29.8 Å². The first-order valence-corrected chi connectivity index (χ1v) is 8.17. The molecular formula is C18H28N2O2. The van der Waals surface area contributed by atoms with Gasteiger partial charge in [-0.15, -0.1) is 0 Å². The van der Waals surface area contributed by atoms with Crippen LogP contribution in [0.1, 0.15) is 46.1 Å². The van der Waals surface area contributed by atoms with E-state index in [1.165, 1.54) is 0 Å². The highest BCUT2D eigenvalue weighted by Crippen LogP contribution is 2.29. The smallest absolute Gasteiger partial charge is 0.241 e. The van der Waals surface area contributed by atoms with E-state index in [0.717, 1.165) is 24.9 Å². The number of hydrogen-bond donors (Lipinski definition) is 2. The number of aromatic hydroxyl groups is 1. The monoisotopic (exact) mass is 304 g/mol. The van der Waals surface area contributed by atoms with Crippen LogP contribution in [0.2, 0.25) is 0 Å². The van der Waals surface area contributed by atoms with Crippen molar-refractivity contribution in [2.24, 2.45) is 5.41 Å². The van der Waals surface area contributed by atoms with Crippen molar-refractivity contribution in [2.75, 3.05) is 6.54 Å². The molecule has 1 amide bonds. The lowest BCUT2D eigenvalue weighted by Gasteiger charge is -2.34. The second-order valence-corrected chi connectivity index (χ2v) is 7.24. The van der Waals surface area contributed by atoms with E-state index in [0.29, 0.717) is 6.42 Å². The Morgan fingerprint density at radius 3 is 2.41 bits per heavy atom. The zero-order chi connectivity index (χ0) is 16.3. The zero-order valence-electron chi connectivity index (χ0n) is 14.1. The van der Waals surface area contributed by atoms with Gasteiger partial charge in [-0.25, -0.2) is 0 Å². The summed E-state index contributed by atoms with van der Waals surface area (Å²) < 4.78 is 0. The average Bonchev–Trinajstić information content (AvgIpc) is 2.76. The van der Waals surface area contributed by atoms with Gasteiger partial charge in [0, 0.05) is 6.54 Å². The van der Waals surface area contributed by atoms with Gasteiger partial charge in [-0.05, 0) is 36.0 Å². The maximum absolute atomic E-state index is 12.8. The molecule has 0 spiro atoms. The highest BCUT2D eigenvalue weighted by molar-refractivity contribution is 5.84. The number of phenols is 1. The molecule has 1 aromatic rings. The largest absolute Gasteiger partial charge is 0.508 e. The number of hydrogen-bond acceptors (Lipinski definition) is 3. The number of rotatable bonds is 5. The quantitative estimate of drug-likeness (QED) is 0.879. The molecule has 4 nitrogen and oxygen atoms in total. The third-order valence-corrected chi connectivity index (χ3v) is 4.20. The number of phenolic OH excluding ortho intramolecular Hbond substituents is 1. The van der Waals surface area contributed by atoms with Crippen molar-refractivity contribution in [2.45, 2.75) is 59.2 Å². The molecular weight excluding hydrogens is 276 g/mol. The Morgan fingerprint density at radius 1 is 1.23 bits per heavy atom. The van der Waals surface area contributed by atoms with Gasteiger partial charge < -0.3 is 10.0 Å². The molecule has 2 atom stereocenters. The Morgan fingerprint density at radius 2 is 1.86 bits per heavy atom. The fourth-order valence-electron chi connectivity index (χ4n) is 2.98. The van der Waals surface area contributed by atoms with Crippen LogP contribution in [0.15, 0.2) is 24.3 Å². The van der Waals surface area contributed by atoms with Crippen molar-refractivity contribution in [3.8, 4) is 5.75 Å². The summed E-state index contributed by atoms with van der Waals surface area (Å²) in [6.07, 6.45) is 2.86. The number of carbonyl (C=O) groups is 1. The lowest BCUT2D eigenvalue weighted by atomic mass is 9.91. The standard InChI is InChI=1S/C18H28N2O2/c1-5-6-11-20-16(22)15(19-17(20)18(2,3)4)12-13-7-9-14(21)10-8-13/h7-10,15,17,19,21H,5-6,11-12H2,1-4H3/t15-,17-/m0/s1. The molecule has 2 N–H and O–H groups in total. The molecule has 22 heavy (non-hydrogen) atoms. The van der Waals surface area contributed by atoms with Crippen molar-refractivity contribution in [3.63, 3.8) is 0 Å². The minimum Gasteiger partial charge on any atom is -0.508 e. The first-order chi connectivity index (χ1) is 10.3. The van der Waals surface area contributed by atoms with E-state index in [9.17, 15) is 9.90 Å². The molecule has 4 heteroatoms. The molecule has 1 aliphatic heterocycles. The summed E-state index contributed by atoms with van der Waals surface area (Å²) >= 11 is 0. The summed E-state index contributed by atoms with van der Waals surface area (Å²) in [6.45, 7) is 9.46. The summed E-state index contributed by atoms with van der Waals surface area (Å²) in [5.41, 5.74) is 1.07. The summed E-state index contributed by atoms with van der Waals surface area (Å²) in [5, 5.41) is 12.9. The normalized spacial score (nSPS) is 22.4. The number of carbonyl (C=O) groups excluding carboxylic acids is 1. The highest BCUT2D eigenvalue weighted by Gasteiger charge is 2.43. The highest BCUT2D eigenvalue weighted by atomic mass is 16.3. The minimum absolute atomic E-state index is 0.00705. The van der Waals surface area contributed by atoms with E-state index in [1.54, 1.807) is 12.1 Å². The summed E-state index contributed by atoms with van der Waals surface area (Å²) in [7, 11) is 0. The number of benzene rings is 1. The predicted octanol–water partition coefficient (Wildman–Crippen LogP) is 2.91. The molecule has 1 heterocycles. The van der Waals surface area contributed by atoms with E-state index in [1.807, 2.05) is 17.0 Å². The van der Waals surface area contributed by atoms with Crippen molar-refractivity contribution in [1.29, 1.82) is 0 Å². The van der Waals surface area contributed by atoms with Gasteiger partial charge in [0.15, 0.2) is 0 Å². The van der Waals surface area contributed by atoms with Crippen LogP contribution in [-0.4, -0.2) is 34.7 Å². The molecule has 0 unspecified atom stereocenters. The molecule has 1 aliphatic rings.